The number of hydrogen-bond acceptors (Lipinski definition) is 2. The van der Waals surface area contributed by atoms with Crippen LogP contribution in [0.5, 0.6) is 0 Å². The van der Waals surface area contributed by atoms with E-state index < -0.39 is 0 Å². The van der Waals surface area contributed by atoms with Crippen molar-refractivity contribution in [3.8, 4) is 0 Å². The number of carbonyl (C=O) groups excluding carboxylic acids is 1. The van der Waals surface area contributed by atoms with Crippen LogP contribution in [0, 0.1) is 6.92 Å². The molecule has 0 saturated carbocycles. The zero-order valence-electron chi connectivity index (χ0n) is 9.08. The highest BCUT2D eigenvalue weighted by molar-refractivity contribution is 9.10. The Hall–Kier alpha value is -1.19. The molecule has 0 bridgehead atoms. The van der Waals surface area contributed by atoms with Gasteiger partial charge in [-0.3, -0.25) is 4.79 Å². The minimum Gasteiger partial charge on any atom is -0.288 e. The molecule has 0 aliphatic carbocycles. The van der Waals surface area contributed by atoms with Crippen molar-refractivity contribution in [2.75, 3.05) is 0 Å². The summed E-state index contributed by atoms with van der Waals surface area (Å²) in [5, 5.41) is 0.241. The Bertz CT molecular complexity index is 583. The molecule has 0 spiro atoms. The molecule has 2 rings (SSSR count). The van der Waals surface area contributed by atoms with Gasteiger partial charge in [-0.15, -0.1) is 0 Å². The fraction of sp³-hybridized carbons (Fsp3) is 0.0769. The highest BCUT2D eigenvalue weighted by atomic mass is 79.9. The Morgan fingerprint density at radius 1 is 1.18 bits per heavy atom. The normalized spacial score (nSPS) is 10.3. The van der Waals surface area contributed by atoms with Crippen LogP contribution in [0.3, 0.4) is 0 Å². The average molecular weight is 311 g/mol. The fourth-order valence-corrected chi connectivity index (χ4v) is 2.23. The number of ketones is 1. The highest BCUT2D eigenvalue weighted by Crippen LogP contribution is 2.23. The van der Waals surface area contributed by atoms with Crippen LogP contribution in [0.2, 0.25) is 5.15 Å². The van der Waals surface area contributed by atoms with Gasteiger partial charge in [-0.25, -0.2) is 4.98 Å². The number of benzene rings is 1. The van der Waals surface area contributed by atoms with E-state index in [4.69, 9.17) is 11.6 Å². The van der Waals surface area contributed by atoms with Gasteiger partial charge >= 0.3 is 0 Å². The molecule has 2 nitrogen and oxygen atoms in total. The lowest BCUT2D eigenvalue weighted by Gasteiger charge is -2.05. The molecule has 17 heavy (non-hydrogen) atoms. The van der Waals surface area contributed by atoms with Gasteiger partial charge in [-0.05, 0) is 31.2 Å². The molecule has 0 fully saturated rings. The van der Waals surface area contributed by atoms with Crippen LogP contribution < -0.4 is 0 Å². The van der Waals surface area contributed by atoms with Crippen LogP contribution in [-0.2, 0) is 0 Å². The second-order valence-corrected chi connectivity index (χ2v) is 4.81. The lowest BCUT2D eigenvalue weighted by Crippen LogP contribution is -2.04. The highest BCUT2D eigenvalue weighted by Gasteiger charge is 2.15. The SMILES string of the molecule is Cc1ccc(C(=O)c2ccccc2Br)c(Cl)n1. The van der Waals surface area contributed by atoms with Gasteiger partial charge in [0.1, 0.15) is 5.15 Å². The number of nitrogens with zero attached hydrogens (tertiary/aromatic N) is 1. The van der Waals surface area contributed by atoms with Crippen LogP contribution in [0.15, 0.2) is 40.9 Å². The molecule has 2 aromatic rings. The number of pyridine rings is 1. The quantitative estimate of drug-likeness (QED) is 0.619. The van der Waals surface area contributed by atoms with Crippen LogP contribution in [-0.4, -0.2) is 10.8 Å². The summed E-state index contributed by atoms with van der Waals surface area (Å²) in [5.74, 6) is -0.130. The van der Waals surface area contributed by atoms with Gasteiger partial charge in [0, 0.05) is 15.7 Å². The fourth-order valence-electron chi connectivity index (χ4n) is 1.48. The first-order valence-electron chi connectivity index (χ1n) is 5.02. The van der Waals surface area contributed by atoms with Crippen LogP contribution >= 0.6 is 27.5 Å². The van der Waals surface area contributed by atoms with E-state index in [-0.39, 0.29) is 10.9 Å². The van der Waals surface area contributed by atoms with Crippen LogP contribution in [0.25, 0.3) is 0 Å². The Balaban J connectivity index is 2.48. The van der Waals surface area contributed by atoms with E-state index >= 15 is 0 Å². The number of halogens is 2. The molecular weight excluding hydrogens is 302 g/mol. The van der Waals surface area contributed by atoms with Crippen molar-refractivity contribution in [2.24, 2.45) is 0 Å². The smallest absolute Gasteiger partial charge is 0.197 e. The second kappa shape index (κ2) is 4.98. The lowest BCUT2D eigenvalue weighted by molar-refractivity contribution is 0.103. The summed E-state index contributed by atoms with van der Waals surface area (Å²) < 4.78 is 0.752. The second-order valence-electron chi connectivity index (χ2n) is 3.60. The number of aryl methyl sites for hydroxylation is 1. The summed E-state index contributed by atoms with van der Waals surface area (Å²) in [6, 6.07) is 10.7. The van der Waals surface area contributed by atoms with Crippen molar-refractivity contribution in [3.63, 3.8) is 0 Å². The largest absolute Gasteiger partial charge is 0.288 e. The van der Waals surface area contributed by atoms with E-state index in [9.17, 15) is 4.79 Å². The predicted molar refractivity (Wildman–Crippen MR) is 71.6 cm³/mol. The maximum atomic E-state index is 12.2. The van der Waals surface area contributed by atoms with Crippen molar-refractivity contribution in [2.45, 2.75) is 6.92 Å². The average Bonchev–Trinajstić information content (AvgIpc) is 2.29. The van der Waals surface area contributed by atoms with Gasteiger partial charge in [0.05, 0.1) is 5.56 Å². The van der Waals surface area contributed by atoms with Crippen molar-refractivity contribution < 1.29 is 4.79 Å². The Kier molecular flexibility index (Phi) is 3.60. The Labute approximate surface area is 113 Å². The molecular formula is C13H9BrClNO. The summed E-state index contributed by atoms with van der Waals surface area (Å²) in [5.41, 5.74) is 1.79. The maximum Gasteiger partial charge on any atom is 0.197 e. The van der Waals surface area contributed by atoms with E-state index in [2.05, 4.69) is 20.9 Å². The summed E-state index contributed by atoms with van der Waals surface area (Å²) >= 11 is 9.33. The molecule has 1 aromatic carbocycles. The third kappa shape index (κ3) is 2.56. The van der Waals surface area contributed by atoms with E-state index in [1.807, 2.05) is 25.1 Å². The minimum atomic E-state index is -0.130. The third-order valence-corrected chi connectivity index (χ3v) is 3.33. The van der Waals surface area contributed by atoms with Crippen molar-refractivity contribution in [1.82, 2.24) is 4.98 Å². The summed E-state index contributed by atoms with van der Waals surface area (Å²) in [6.07, 6.45) is 0. The van der Waals surface area contributed by atoms with E-state index in [0.717, 1.165) is 10.2 Å². The van der Waals surface area contributed by atoms with Gasteiger partial charge in [-0.2, -0.15) is 0 Å². The Morgan fingerprint density at radius 3 is 2.53 bits per heavy atom. The maximum absolute atomic E-state index is 12.2. The Morgan fingerprint density at radius 2 is 1.88 bits per heavy atom. The lowest BCUT2D eigenvalue weighted by atomic mass is 10.1. The first kappa shape index (κ1) is 12.3. The van der Waals surface area contributed by atoms with Gasteiger partial charge in [0.25, 0.3) is 0 Å². The van der Waals surface area contributed by atoms with Crippen LogP contribution in [0.1, 0.15) is 21.6 Å². The van der Waals surface area contributed by atoms with E-state index in [0.29, 0.717) is 11.1 Å². The number of hydrogen-bond donors (Lipinski definition) is 0. The molecule has 1 aromatic heterocycles. The van der Waals surface area contributed by atoms with Crippen LogP contribution in [0.4, 0.5) is 0 Å². The molecule has 0 N–H and O–H groups in total. The first-order chi connectivity index (χ1) is 8.09. The molecule has 0 aliphatic heterocycles. The predicted octanol–water partition coefficient (Wildman–Crippen LogP) is 4.04. The number of rotatable bonds is 2. The molecule has 1 heterocycles. The molecule has 0 amide bonds. The van der Waals surface area contributed by atoms with Crippen molar-refractivity contribution in [1.29, 1.82) is 0 Å². The standard InChI is InChI=1S/C13H9BrClNO/c1-8-6-7-10(13(15)16-8)12(17)9-4-2-3-5-11(9)14/h2-7H,1H3. The number of aromatic nitrogens is 1. The number of carbonyl (C=O) groups is 1. The molecule has 0 saturated heterocycles. The third-order valence-electron chi connectivity index (χ3n) is 2.35. The zero-order valence-corrected chi connectivity index (χ0v) is 11.4. The summed E-state index contributed by atoms with van der Waals surface area (Å²) in [7, 11) is 0. The monoisotopic (exact) mass is 309 g/mol. The molecule has 4 heteroatoms. The zero-order chi connectivity index (χ0) is 12.4. The summed E-state index contributed by atoms with van der Waals surface area (Å²) in [4.78, 5) is 16.3. The van der Waals surface area contributed by atoms with Crippen molar-refractivity contribution in [3.05, 3.63) is 62.8 Å². The molecule has 86 valence electrons. The van der Waals surface area contributed by atoms with Crippen molar-refractivity contribution >= 4 is 33.3 Å². The molecule has 0 atom stereocenters. The molecule has 0 aliphatic rings. The van der Waals surface area contributed by atoms with Gasteiger partial charge in [-0.1, -0.05) is 39.7 Å². The first-order valence-corrected chi connectivity index (χ1v) is 6.19. The van der Waals surface area contributed by atoms with E-state index in [1.54, 1.807) is 18.2 Å². The van der Waals surface area contributed by atoms with Gasteiger partial charge < -0.3 is 0 Å². The van der Waals surface area contributed by atoms with Gasteiger partial charge in [0.15, 0.2) is 5.78 Å². The molecule has 0 radical (unpaired) electrons. The summed E-state index contributed by atoms with van der Waals surface area (Å²) in [6.45, 7) is 1.83. The van der Waals surface area contributed by atoms with E-state index in [1.165, 1.54) is 0 Å². The molecule has 0 unspecified atom stereocenters. The topological polar surface area (TPSA) is 30.0 Å². The van der Waals surface area contributed by atoms with Gasteiger partial charge in [0.2, 0.25) is 0 Å². The minimum absolute atomic E-state index is 0.130.